The highest BCUT2D eigenvalue weighted by Crippen LogP contribution is 2.26. The fraction of sp³-hybridized carbons (Fsp3) is 0.188. The molecule has 6 heteroatoms. The fourth-order valence-electron chi connectivity index (χ4n) is 2.17. The quantitative estimate of drug-likeness (QED) is 0.639. The first-order valence-corrected chi connectivity index (χ1v) is 6.35. The van der Waals surface area contributed by atoms with Crippen LogP contribution in [0.2, 0.25) is 0 Å². The SMILES string of the molecule is COC(=O)c1ccc2c(C(=O)OC)ccc(C(=O)OC)c2c1. The van der Waals surface area contributed by atoms with Crippen LogP contribution in [0.4, 0.5) is 0 Å². The van der Waals surface area contributed by atoms with Gasteiger partial charge in [-0.15, -0.1) is 0 Å². The van der Waals surface area contributed by atoms with Crippen molar-refractivity contribution in [2.45, 2.75) is 0 Å². The van der Waals surface area contributed by atoms with Crippen molar-refractivity contribution >= 4 is 28.7 Å². The lowest BCUT2D eigenvalue weighted by Gasteiger charge is -2.10. The van der Waals surface area contributed by atoms with E-state index in [1.165, 1.54) is 45.6 Å². The monoisotopic (exact) mass is 302 g/mol. The molecule has 0 aromatic heterocycles. The standard InChI is InChI=1S/C16H14O6/c1-20-14(17)9-4-5-10-11(15(18)21-2)6-7-12(13(10)8-9)16(19)22-3/h4-8H,1-3H3. The van der Waals surface area contributed by atoms with Crippen molar-refractivity contribution in [3.63, 3.8) is 0 Å². The molecule has 0 spiro atoms. The molecule has 0 bridgehead atoms. The number of benzene rings is 2. The predicted molar refractivity (Wildman–Crippen MR) is 78.0 cm³/mol. The zero-order valence-electron chi connectivity index (χ0n) is 12.3. The number of esters is 3. The van der Waals surface area contributed by atoms with E-state index in [0.29, 0.717) is 16.3 Å². The predicted octanol–water partition coefficient (Wildman–Crippen LogP) is 2.20. The first kappa shape index (κ1) is 15.5. The molecule has 2 aromatic carbocycles. The minimum Gasteiger partial charge on any atom is -0.465 e. The Morgan fingerprint density at radius 2 is 1.18 bits per heavy atom. The molecule has 0 fully saturated rings. The topological polar surface area (TPSA) is 78.9 Å². The summed E-state index contributed by atoms with van der Waals surface area (Å²) < 4.78 is 14.1. The summed E-state index contributed by atoms with van der Waals surface area (Å²) in [5.41, 5.74) is 0.805. The summed E-state index contributed by atoms with van der Waals surface area (Å²) >= 11 is 0. The molecule has 0 radical (unpaired) electrons. The zero-order chi connectivity index (χ0) is 16.3. The maximum Gasteiger partial charge on any atom is 0.338 e. The van der Waals surface area contributed by atoms with Gasteiger partial charge >= 0.3 is 17.9 Å². The number of ether oxygens (including phenoxy) is 3. The Morgan fingerprint density at radius 3 is 1.68 bits per heavy atom. The summed E-state index contributed by atoms with van der Waals surface area (Å²) in [5.74, 6) is -1.64. The number of fused-ring (bicyclic) bond motifs is 1. The summed E-state index contributed by atoms with van der Waals surface area (Å²) in [5, 5.41) is 0.903. The lowest BCUT2D eigenvalue weighted by Crippen LogP contribution is -2.08. The summed E-state index contributed by atoms with van der Waals surface area (Å²) in [7, 11) is 3.79. The van der Waals surface area contributed by atoms with Crippen LogP contribution in [-0.2, 0) is 14.2 Å². The van der Waals surface area contributed by atoms with Gasteiger partial charge in [0.25, 0.3) is 0 Å². The Kier molecular flexibility index (Phi) is 4.41. The van der Waals surface area contributed by atoms with Gasteiger partial charge in [-0.1, -0.05) is 6.07 Å². The van der Waals surface area contributed by atoms with Gasteiger partial charge in [0.05, 0.1) is 38.0 Å². The number of hydrogen-bond donors (Lipinski definition) is 0. The van der Waals surface area contributed by atoms with Crippen molar-refractivity contribution < 1.29 is 28.6 Å². The van der Waals surface area contributed by atoms with E-state index >= 15 is 0 Å². The second kappa shape index (κ2) is 6.26. The third-order valence-electron chi connectivity index (χ3n) is 3.25. The molecule has 0 amide bonds. The smallest absolute Gasteiger partial charge is 0.338 e. The van der Waals surface area contributed by atoms with E-state index in [2.05, 4.69) is 4.74 Å². The van der Waals surface area contributed by atoms with Crippen LogP contribution in [0.1, 0.15) is 31.1 Å². The highest BCUT2D eigenvalue weighted by atomic mass is 16.5. The first-order chi connectivity index (χ1) is 10.5. The molecule has 6 nitrogen and oxygen atoms in total. The third kappa shape index (κ3) is 2.63. The van der Waals surface area contributed by atoms with Crippen molar-refractivity contribution in [3.05, 3.63) is 47.0 Å². The second-order valence-corrected chi connectivity index (χ2v) is 4.40. The minimum atomic E-state index is -0.566. The molecule has 114 valence electrons. The Bertz CT molecular complexity index is 763. The molecular weight excluding hydrogens is 288 g/mol. The van der Waals surface area contributed by atoms with Crippen molar-refractivity contribution in [2.75, 3.05) is 21.3 Å². The molecule has 0 heterocycles. The van der Waals surface area contributed by atoms with Gasteiger partial charge in [-0.3, -0.25) is 0 Å². The molecule has 0 aliphatic rings. The van der Waals surface area contributed by atoms with Gasteiger partial charge in [0, 0.05) is 0 Å². The van der Waals surface area contributed by atoms with Crippen molar-refractivity contribution in [1.29, 1.82) is 0 Å². The molecule has 0 saturated carbocycles. The van der Waals surface area contributed by atoms with Crippen molar-refractivity contribution in [2.24, 2.45) is 0 Å². The normalized spacial score (nSPS) is 10.1. The van der Waals surface area contributed by atoms with E-state index in [9.17, 15) is 14.4 Å². The molecule has 0 saturated heterocycles. The van der Waals surface area contributed by atoms with Crippen LogP contribution in [-0.4, -0.2) is 39.2 Å². The van der Waals surface area contributed by atoms with Crippen LogP contribution in [0.5, 0.6) is 0 Å². The number of carbonyl (C=O) groups is 3. The maximum absolute atomic E-state index is 11.9. The molecule has 0 unspecified atom stereocenters. The molecule has 0 N–H and O–H groups in total. The number of hydrogen-bond acceptors (Lipinski definition) is 6. The highest BCUT2D eigenvalue weighted by molar-refractivity contribution is 6.13. The zero-order valence-corrected chi connectivity index (χ0v) is 12.3. The number of rotatable bonds is 3. The molecule has 2 aromatic rings. The third-order valence-corrected chi connectivity index (χ3v) is 3.25. The van der Waals surface area contributed by atoms with Crippen LogP contribution in [0, 0.1) is 0 Å². The Labute approximate surface area is 126 Å². The average molecular weight is 302 g/mol. The van der Waals surface area contributed by atoms with Gasteiger partial charge in [0.2, 0.25) is 0 Å². The fourth-order valence-corrected chi connectivity index (χ4v) is 2.17. The van der Waals surface area contributed by atoms with Crippen molar-refractivity contribution in [3.8, 4) is 0 Å². The average Bonchev–Trinajstić information content (AvgIpc) is 2.58. The summed E-state index contributed by atoms with van der Waals surface area (Å²) in [6.07, 6.45) is 0. The first-order valence-electron chi connectivity index (χ1n) is 6.35. The summed E-state index contributed by atoms with van der Waals surface area (Å²) in [4.78, 5) is 35.4. The minimum absolute atomic E-state index is 0.246. The van der Waals surface area contributed by atoms with Crippen LogP contribution < -0.4 is 0 Å². The second-order valence-electron chi connectivity index (χ2n) is 4.40. The van der Waals surface area contributed by atoms with Crippen LogP contribution >= 0.6 is 0 Å². The van der Waals surface area contributed by atoms with Gasteiger partial charge < -0.3 is 14.2 Å². The lowest BCUT2D eigenvalue weighted by molar-refractivity contribution is 0.0589. The largest absolute Gasteiger partial charge is 0.465 e. The van der Waals surface area contributed by atoms with E-state index in [1.807, 2.05) is 0 Å². The van der Waals surface area contributed by atoms with Crippen LogP contribution in [0.25, 0.3) is 10.8 Å². The Balaban J connectivity index is 2.78. The van der Waals surface area contributed by atoms with Crippen molar-refractivity contribution in [1.82, 2.24) is 0 Å². The van der Waals surface area contributed by atoms with E-state index < -0.39 is 17.9 Å². The molecular formula is C16H14O6. The van der Waals surface area contributed by atoms with Gasteiger partial charge in [-0.25, -0.2) is 14.4 Å². The van der Waals surface area contributed by atoms with E-state index in [4.69, 9.17) is 9.47 Å². The summed E-state index contributed by atoms with van der Waals surface area (Å²) in [6.45, 7) is 0. The number of methoxy groups -OCH3 is 3. The molecule has 0 aliphatic carbocycles. The number of carbonyl (C=O) groups excluding carboxylic acids is 3. The molecule has 2 rings (SSSR count). The van der Waals surface area contributed by atoms with Crippen LogP contribution in [0.3, 0.4) is 0 Å². The van der Waals surface area contributed by atoms with Crippen LogP contribution in [0.15, 0.2) is 30.3 Å². The molecule has 22 heavy (non-hydrogen) atoms. The van der Waals surface area contributed by atoms with Gasteiger partial charge in [-0.05, 0) is 35.0 Å². The summed E-state index contributed by atoms with van der Waals surface area (Å²) in [6, 6.07) is 7.52. The molecule has 0 aliphatic heterocycles. The van der Waals surface area contributed by atoms with Gasteiger partial charge in [0.15, 0.2) is 0 Å². The van der Waals surface area contributed by atoms with E-state index in [-0.39, 0.29) is 11.1 Å². The van der Waals surface area contributed by atoms with Gasteiger partial charge in [0.1, 0.15) is 0 Å². The van der Waals surface area contributed by atoms with Gasteiger partial charge in [-0.2, -0.15) is 0 Å². The Hall–Kier alpha value is -2.89. The van der Waals surface area contributed by atoms with E-state index in [1.54, 1.807) is 6.07 Å². The molecule has 0 atom stereocenters. The highest BCUT2D eigenvalue weighted by Gasteiger charge is 2.18. The van der Waals surface area contributed by atoms with E-state index in [0.717, 1.165) is 0 Å². The maximum atomic E-state index is 11.9. The Morgan fingerprint density at radius 1 is 0.682 bits per heavy atom. The lowest BCUT2D eigenvalue weighted by atomic mass is 9.97.